The summed E-state index contributed by atoms with van der Waals surface area (Å²) in [5.41, 5.74) is 5.74. The zero-order valence-electron chi connectivity index (χ0n) is 8.44. The second kappa shape index (κ2) is 4.25. The molecule has 1 aromatic rings. The summed E-state index contributed by atoms with van der Waals surface area (Å²) in [6.45, 7) is 0. The van der Waals surface area contributed by atoms with Crippen LogP contribution in [0.5, 0.6) is 6.01 Å². The van der Waals surface area contributed by atoms with Crippen LogP contribution in [0.4, 0.5) is 0 Å². The van der Waals surface area contributed by atoms with E-state index in [9.17, 15) is 0 Å². The number of aromatic nitrogens is 2. The van der Waals surface area contributed by atoms with Crippen LogP contribution in [0.25, 0.3) is 0 Å². The van der Waals surface area contributed by atoms with Crippen molar-refractivity contribution in [1.82, 2.24) is 9.97 Å². The van der Waals surface area contributed by atoms with Crippen molar-refractivity contribution in [1.29, 1.82) is 5.41 Å². The van der Waals surface area contributed by atoms with Crippen molar-refractivity contribution in [3.8, 4) is 6.01 Å². The highest BCUT2D eigenvalue weighted by atomic mass is 16.5. The lowest BCUT2D eigenvalue weighted by Crippen LogP contribution is -2.17. The number of amidine groups is 1. The van der Waals surface area contributed by atoms with Crippen molar-refractivity contribution in [3.05, 3.63) is 18.0 Å². The monoisotopic (exact) mass is 206 g/mol. The second-order valence-corrected chi connectivity index (χ2v) is 3.66. The molecule has 5 heteroatoms. The van der Waals surface area contributed by atoms with Crippen molar-refractivity contribution in [2.45, 2.75) is 31.8 Å². The van der Waals surface area contributed by atoms with Crippen molar-refractivity contribution in [2.24, 2.45) is 5.73 Å². The number of hydrogen-bond donors (Lipinski definition) is 2. The minimum absolute atomic E-state index is 0.0614. The maximum atomic E-state index is 7.25. The van der Waals surface area contributed by atoms with Crippen molar-refractivity contribution >= 4 is 5.84 Å². The zero-order valence-corrected chi connectivity index (χ0v) is 8.44. The van der Waals surface area contributed by atoms with Gasteiger partial charge >= 0.3 is 6.01 Å². The topological polar surface area (TPSA) is 84.9 Å². The van der Waals surface area contributed by atoms with Crippen LogP contribution in [0.3, 0.4) is 0 Å². The molecule has 3 N–H and O–H groups in total. The standard InChI is InChI=1S/C10H14N4O/c11-9(12)8-5-6-13-10(14-8)15-7-3-1-2-4-7/h5-7H,1-4H2,(H3,11,12). The number of ether oxygens (including phenoxy) is 1. The van der Waals surface area contributed by atoms with Gasteiger partial charge in [-0.1, -0.05) is 0 Å². The summed E-state index contributed by atoms with van der Waals surface area (Å²) in [6, 6.07) is 1.93. The van der Waals surface area contributed by atoms with Gasteiger partial charge < -0.3 is 10.5 Å². The molecule has 1 aliphatic rings. The fourth-order valence-electron chi connectivity index (χ4n) is 1.70. The van der Waals surface area contributed by atoms with Gasteiger partial charge in [-0.2, -0.15) is 4.98 Å². The Bertz CT molecular complexity index is 360. The zero-order chi connectivity index (χ0) is 10.7. The first-order chi connectivity index (χ1) is 7.25. The Kier molecular flexibility index (Phi) is 2.80. The molecular formula is C10H14N4O. The highest BCUT2D eigenvalue weighted by molar-refractivity contribution is 5.92. The van der Waals surface area contributed by atoms with Crippen LogP contribution < -0.4 is 10.5 Å². The Morgan fingerprint density at radius 1 is 1.47 bits per heavy atom. The highest BCUT2D eigenvalue weighted by Gasteiger charge is 2.17. The molecule has 0 aromatic carbocycles. The number of hydrogen-bond acceptors (Lipinski definition) is 4. The number of nitrogens with zero attached hydrogens (tertiary/aromatic N) is 2. The van der Waals surface area contributed by atoms with E-state index in [1.165, 1.54) is 12.8 Å². The summed E-state index contributed by atoms with van der Waals surface area (Å²) < 4.78 is 5.59. The average molecular weight is 206 g/mol. The fourth-order valence-corrected chi connectivity index (χ4v) is 1.70. The fraction of sp³-hybridized carbons (Fsp3) is 0.500. The summed E-state index contributed by atoms with van der Waals surface area (Å²) in [4.78, 5) is 8.05. The minimum Gasteiger partial charge on any atom is -0.460 e. The average Bonchev–Trinajstić information content (AvgIpc) is 2.71. The van der Waals surface area contributed by atoms with E-state index >= 15 is 0 Å². The maximum absolute atomic E-state index is 7.25. The molecule has 1 fully saturated rings. The van der Waals surface area contributed by atoms with E-state index in [0.29, 0.717) is 11.7 Å². The van der Waals surface area contributed by atoms with E-state index in [1.807, 2.05) is 0 Å². The maximum Gasteiger partial charge on any atom is 0.317 e. The largest absolute Gasteiger partial charge is 0.460 e. The summed E-state index contributed by atoms with van der Waals surface area (Å²) in [7, 11) is 0. The molecule has 1 aromatic heterocycles. The first kappa shape index (κ1) is 9.89. The second-order valence-electron chi connectivity index (χ2n) is 3.66. The van der Waals surface area contributed by atoms with E-state index < -0.39 is 0 Å². The van der Waals surface area contributed by atoms with E-state index in [-0.39, 0.29) is 11.9 Å². The molecule has 15 heavy (non-hydrogen) atoms. The van der Waals surface area contributed by atoms with Crippen LogP contribution in [-0.4, -0.2) is 21.9 Å². The molecule has 0 unspecified atom stereocenters. The van der Waals surface area contributed by atoms with Gasteiger partial charge in [-0.15, -0.1) is 0 Å². The third-order valence-corrected chi connectivity index (χ3v) is 2.48. The SMILES string of the molecule is N=C(N)c1ccnc(OC2CCCC2)n1. The molecule has 0 amide bonds. The lowest BCUT2D eigenvalue weighted by Gasteiger charge is -2.10. The molecule has 0 radical (unpaired) electrons. The third-order valence-electron chi connectivity index (χ3n) is 2.48. The predicted octanol–water partition coefficient (Wildman–Crippen LogP) is 1.08. The smallest absolute Gasteiger partial charge is 0.317 e. The van der Waals surface area contributed by atoms with E-state index in [1.54, 1.807) is 12.3 Å². The van der Waals surface area contributed by atoms with Gasteiger partial charge in [-0.3, -0.25) is 5.41 Å². The van der Waals surface area contributed by atoms with Crippen LogP contribution in [-0.2, 0) is 0 Å². The van der Waals surface area contributed by atoms with E-state index in [4.69, 9.17) is 15.9 Å². The molecule has 1 saturated carbocycles. The molecule has 0 saturated heterocycles. The Labute approximate surface area is 88.2 Å². The van der Waals surface area contributed by atoms with Gasteiger partial charge in [0, 0.05) is 6.20 Å². The number of nitrogen functional groups attached to an aromatic ring is 1. The molecular weight excluding hydrogens is 192 g/mol. The van der Waals surface area contributed by atoms with E-state index in [0.717, 1.165) is 12.8 Å². The molecule has 0 atom stereocenters. The molecule has 0 spiro atoms. The Morgan fingerprint density at radius 3 is 2.87 bits per heavy atom. The lowest BCUT2D eigenvalue weighted by atomic mass is 10.3. The van der Waals surface area contributed by atoms with Crippen LogP contribution in [0.2, 0.25) is 0 Å². The van der Waals surface area contributed by atoms with Gasteiger partial charge in [0.05, 0.1) is 0 Å². The first-order valence-electron chi connectivity index (χ1n) is 5.10. The van der Waals surface area contributed by atoms with Gasteiger partial charge in [0.25, 0.3) is 0 Å². The quantitative estimate of drug-likeness (QED) is 0.572. The van der Waals surface area contributed by atoms with Crippen LogP contribution in [0, 0.1) is 5.41 Å². The highest BCUT2D eigenvalue weighted by Crippen LogP contribution is 2.21. The van der Waals surface area contributed by atoms with Gasteiger partial charge in [0.15, 0.2) is 0 Å². The number of rotatable bonds is 3. The van der Waals surface area contributed by atoms with Gasteiger partial charge in [-0.25, -0.2) is 4.98 Å². The lowest BCUT2D eigenvalue weighted by molar-refractivity contribution is 0.192. The van der Waals surface area contributed by atoms with E-state index in [2.05, 4.69) is 9.97 Å². The van der Waals surface area contributed by atoms with Crippen LogP contribution in [0.15, 0.2) is 12.3 Å². The van der Waals surface area contributed by atoms with Gasteiger partial charge in [0.1, 0.15) is 17.6 Å². The van der Waals surface area contributed by atoms with Crippen LogP contribution >= 0.6 is 0 Å². The minimum atomic E-state index is -0.0614. The Hall–Kier alpha value is -1.65. The molecule has 2 rings (SSSR count). The molecule has 0 bridgehead atoms. The Morgan fingerprint density at radius 2 is 2.20 bits per heavy atom. The number of nitrogens with two attached hydrogens (primary N) is 1. The van der Waals surface area contributed by atoms with Crippen molar-refractivity contribution in [2.75, 3.05) is 0 Å². The van der Waals surface area contributed by atoms with Gasteiger partial charge in [0.2, 0.25) is 0 Å². The summed E-state index contributed by atoms with van der Waals surface area (Å²) in [5, 5.41) is 7.25. The molecule has 80 valence electrons. The molecule has 5 nitrogen and oxygen atoms in total. The first-order valence-corrected chi connectivity index (χ1v) is 5.10. The van der Waals surface area contributed by atoms with Crippen molar-refractivity contribution < 1.29 is 4.74 Å². The predicted molar refractivity (Wildman–Crippen MR) is 55.9 cm³/mol. The van der Waals surface area contributed by atoms with Crippen LogP contribution in [0.1, 0.15) is 31.4 Å². The third kappa shape index (κ3) is 2.43. The summed E-state index contributed by atoms with van der Waals surface area (Å²) in [5.74, 6) is -0.0614. The van der Waals surface area contributed by atoms with Crippen molar-refractivity contribution in [3.63, 3.8) is 0 Å². The summed E-state index contributed by atoms with van der Waals surface area (Å²) >= 11 is 0. The summed E-state index contributed by atoms with van der Waals surface area (Å²) in [6.07, 6.45) is 6.33. The molecule has 1 aliphatic carbocycles. The molecule has 0 aliphatic heterocycles. The number of nitrogens with one attached hydrogen (secondary N) is 1. The normalized spacial score (nSPS) is 16.5. The van der Waals surface area contributed by atoms with Gasteiger partial charge in [-0.05, 0) is 31.7 Å². The molecule has 1 heterocycles. The Balaban J connectivity index is 2.07.